The van der Waals surface area contributed by atoms with E-state index in [4.69, 9.17) is 14.6 Å². The van der Waals surface area contributed by atoms with E-state index in [0.717, 1.165) is 0 Å². The zero-order chi connectivity index (χ0) is 7.14. The molecule has 0 aromatic carbocycles. The van der Waals surface area contributed by atoms with Gasteiger partial charge in [-0.3, -0.25) is 0 Å². The summed E-state index contributed by atoms with van der Waals surface area (Å²) in [5, 5.41) is 8.49. The van der Waals surface area contributed by atoms with Gasteiger partial charge in [-0.25, -0.2) is 4.79 Å². The second kappa shape index (κ2) is 1.93. The number of rotatable bonds is 1. The van der Waals surface area contributed by atoms with Gasteiger partial charge in [0.2, 0.25) is 0 Å². The van der Waals surface area contributed by atoms with E-state index in [0.29, 0.717) is 13.0 Å². The maximum atomic E-state index is 10.3. The minimum Gasteiger partial charge on any atom is -0.479 e. The largest absolute Gasteiger partial charge is 0.479 e. The number of carbonyl (C=O) groups is 1. The Morgan fingerprint density at radius 3 is 2.90 bits per heavy atom. The third kappa shape index (κ3) is 0.892. The van der Waals surface area contributed by atoms with Crippen LogP contribution in [0.1, 0.15) is 6.42 Å². The minimum atomic E-state index is -0.881. The highest BCUT2D eigenvalue weighted by Crippen LogP contribution is 2.32. The number of fused-ring (bicyclic) bond motifs is 1. The van der Waals surface area contributed by atoms with Crippen LogP contribution >= 0.6 is 0 Å². The van der Waals surface area contributed by atoms with E-state index in [2.05, 4.69) is 0 Å². The molecule has 0 aliphatic carbocycles. The first kappa shape index (κ1) is 6.12. The van der Waals surface area contributed by atoms with Crippen LogP contribution in [0.25, 0.3) is 0 Å². The highest BCUT2D eigenvalue weighted by molar-refractivity contribution is 5.72. The summed E-state index contributed by atoms with van der Waals surface area (Å²) >= 11 is 0. The highest BCUT2D eigenvalue weighted by Gasteiger charge is 2.46. The van der Waals surface area contributed by atoms with Gasteiger partial charge in [-0.1, -0.05) is 0 Å². The van der Waals surface area contributed by atoms with Crippen molar-refractivity contribution in [2.75, 3.05) is 6.61 Å². The van der Waals surface area contributed by atoms with Crippen LogP contribution in [0.4, 0.5) is 0 Å². The van der Waals surface area contributed by atoms with E-state index in [1.165, 1.54) is 0 Å². The zero-order valence-electron chi connectivity index (χ0n) is 5.32. The molecule has 0 saturated carbocycles. The average Bonchev–Trinajstić information content (AvgIpc) is 2.63. The lowest BCUT2D eigenvalue weighted by Crippen LogP contribution is -2.31. The first-order valence-corrected chi connectivity index (χ1v) is 3.27. The van der Waals surface area contributed by atoms with Crippen LogP contribution in [-0.4, -0.2) is 36.0 Å². The minimum absolute atomic E-state index is 0.162. The van der Waals surface area contributed by atoms with Gasteiger partial charge in [0, 0.05) is 6.42 Å². The maximum absolute atomic E-state index is 10.3. The molecule has 2 fully saturated rings. The van der Waals surface area contributed by atoms with Gasteiger partial charge in [-0.05, 0) is 0 Å². The Balaban J connectivity index is 1.94. The molecule has 4 nitrogen and oxygen atoms in total. The van der Waals surface area contributed by atoms with Crippen LogP contribution in [0.2, 0.25) is 0 Å². The summed E-state index contributed by atoms with van der Waals surface area (Å²) in [4.78, 5) is 10.3. The van der Waals surface area contributed by atoms with Gasteiger partial charge in [0.15, 0.2) is 6.10 Å². The lowest BCUT2D eigenvalue weighted by molar-refractivity contribution is -0.151. The molecule has 4 heteroatoms. The average molecular weight is 144 g/mol. The normalized spacial score (nSPS) is 44.2. The molecule has 0 bridgehead atoms. The van der Waals surface area contributed by atoms with Crippen LogP contribution < -0.4 is 0 Å². The van der Waals surface area contributed by atoms with Crippen LogP contribution in [0.3, 0.4) is 0 Å². The fraction of sp³-hybridized carbons (Fsp3) is 0.833. The smallest absolute Gasteiger partial charge is 0.332 e. The highest BCUT2D eigenvalue weighted by atomic mass is 16.6. The van der Waals surface area contributed by atoms with Gasteiger partial charge < -0.3 is 14.6 Å². The van der Waals surface area contributed by atoms with Gasteiger partial charge in [-0.15, -0.1) is 0 Å². The Morgan fingerprint density at radius 1 is 1.50 bits per heavy atom. The van der Waals surface area contributed by atoms with E-state index in [9.17, 15) is 4.79 Å². The second-order valence-corrected chi connectivity index (χ2v) is 2.61. The fourth-order valence-corrected chi connectivity index (χ4v) is 1.20. The van der Waals surface area contributed by atoms with E-state index >= 15 is 0 Å². The van der Waals surface area contributed by atoms with Crippen molar-refractivity contribution in [3.05, 3.63) is 0 Å². The van der Waals surface area contributed by atoms with Crippen LogP contribution in [-0.2, 0) is 14.3 Å². The van der Waals surface area contributed by atoms with Crippen LogP contribution in [0, 0.1) is 0 Å². The fourth-order valence-electron chi connectivity index (χ4n) is 1.20. The van der Waals surface area contributed by atoms with E-state index in [1.54, 1.807) is 0 Å². The Morgan fingerprint density at radius 2 is 2.30 bits per heavy atom. The Kier molecular flexibility index (Phi) is 1.18. The van der Waals surface area contributed by atoms with Crippen LogP contribution in [0.15, 0.2) is 0 Å². The molecule has 10 heavy (non-hydrogen) atoms. The van der Waals surface area contributed by atoms with Crippen molar-refractivity contribution in [2.45, 2.75) is 24.7 Å². The lowest BCUT2D eigenvalue weighted by Gasteiger charge is -2.14. The Bertz CT molecular complexity index is 167. The summed E-state index contributed by atoms with van der Waals surface area (Å²) in [6.45, 7) is 0.446. The molecule has 0 aromatic heterocycles. The molecule has 2 heterocycles. The van der Waals surface area contributed by atoms with Gasteiger partial charge in [0.05, 0.1) is 12.7 Å². The van der Waals surface area contributed by atoms with E-state index < -0.39 is 12.1 Å². The van der Waals surface area contributed by atoms with Gasteiger partial charge in [-0.2, -0.15) is 0 Å². The summed E-state index contributed by atoms with van der Waals surface area (Å²) in [5.74, 6) is -0.881. The standard InChI is InChI=1S/C6H8O4/c7-6(8)4-1-3-5(10-3)2-9-4/h3-5H,1-2H2,(H,7,8). The zero-order valence-corrected chi connectivity index (χ0v) is 5.32. The molecule has 2 aliphatic rings. The summed E-state index contributed by atoms with van der Waals surface area (Å²) < 4.78 is 10.0. The number of hydrogen-bond donors (Lipinski definition) is 1. The van der Waals surface area contributed by atoms with Gasteiger partial charge in [0.1, 0.15) is 6.10 Å². The molecule has 0 radical (unpaired) electrons. The molecular weight excluding hydrogens is 136 g/mol. The SMILES string of the molecule is O=C(O)C1CC2OC2CO1. The number of epoxide rings is 1. The molecular formula is C6H8O4. The number of ether oxygens (including phenoxy) is 2. The van der Waals surface area contributed by atoms with Crippen molar-refractivity contribution in [2.24, 2.45) is 0 Å². The summed E-state index contributed by atoms with van der Waals surface area (Å²) in [6.07, 6.45) is 0.231. The third-order valence-corrected chi connectivity index (χ3v) is 1.87. The van der Waals surface area contributed by atoms with Crippen molar-refractivity contribution in [1.82, 2.24) is 0 Å². The van der Waals surface area contributed by atoms with E-state index in [-0.39, 0.29) is 12.2 Å². The molecule has 0 spiro atoms. The number of aliphatic carboxylic acids is 1. The van der Waals surface area contributed by atoms with Crippen molar-refractivity contribution >= 4 is 5.97 Å². The molecule has 3 atom stereocenters. The second-order valence-electron chi connectivity index (χ2n) is 2.61. The van der Waals surface area contributed by atoms with Crippen molar-refractivity contribution in [1.29, 1.82) is 0 Å². The summed E-state index contributed by atoms with van der Waals surface area (Å²) in [7, 11) is 0. The first-order valence-electron chi connectivity index (χ1n) is 3.27. The molecule has 56 valence electrons. The van der Waals surface area contributed by atoms with Crippen molar-refractivity contribution < 1.29 is 19.4 Å². The quantitative estimate of drug-likeness (QED) is 0.510. The van der Waals surface area contributed by atoms with Gasteiger partial charge in [0.25, 0.3) is 0 Å². The van der Waals surface area contributed by atoms with Crippen LogP contribution in [0.5, 0.6) is 0 Å². The molecule has 3 unspecified atom stereocenters. The number of hydrogen-bond acceptors (Lipinski definition) is 3. The third-order valence-electron chi connectivity index (χ3n) is 1.87. The first-order chi connectivity index (χ1) is 4.77. The van der Waals surface area contributed by atoms with E-state index in [1.807, 2.05) is 0 Å². The molecule has 2 aliphatic heterocycles. The predicted molar refractivity (Wildman–Crippen MR) is 30.7 cm³/mol. The summed E-state index contributed by atoms with van der Waals surface area (Å²) in [5.41, 5.74) is 0. The lowest BCUT2D eigenvalue weighted by atomic mass is 10.1. The number of carboxylic acids is 1. The molecule has 0 aromatic rings. The molecule has 2 saturated heterocycles. The molecule has 2 rings (SSSR count). The molecule has 1 N–H and O–H groups in total. The topological polar surface area (TPSA) is 59.1 Å². The molecule has 0 amide bonds. The predicted octanol–water partition coefficient (Wildman–Crippen LogP) is -0.373. The van der Waals surface area contributed by atoms with Gasteiger partial charge >= 0.3 is 5.97 Å². The Hall–Kier alpha value is -0.610. The summed E-state index contributed by atoms with van der Waals surface area (Å²) in [6, 6.07) is 0. The van der Waals surface area contributed by atoms with Crippen molar-refractivity contribution in [3.8, 4) is 0 Å². The maximum Gasteiger partial charge on any atom is 0.332 e. The number of carboxylic acid groups (broad SMARTS) is 1. The Labute approximate surface area is 57.7 Å². The monoisotopic (exact) mass is 144 g/mol. The van der Waals surface area contributed by atoms with Crippen molar-refractivity contribution in [3.63, 3.8) is 0 Å².